The Kier molecular flexibility index (Phi) is 8.85. The quantitative estimate of drug-likeness (QED) is 0.310. The molecule has 0 aromatic heterocycles. The van der Waals surface area contributed by atoms with Crippen molar-refractivity contribution in [3.8, 4) is 5.75 Å². The number of hydrogen-bond donors (Lipinski definition) is 0. The second-order valence-corrected chi connectivity index (χ2v) is 10.7. The number of likely N-dealkylation sites (tertiary alicyclic amines) is 1. The molecule has 0 spiro atoms. The molecule has 8 heteroatoms. The summed E-state index contributed by atoms with van der Waals surface area (Å²) in [5, 5.41) is 0. The Hall–Kier alpha value is -3.52. The maximum absolute atomic E-state index is 13.0. The molecule has 39 heavy (non-hydrogen) atoms. The van der Waals surface area contributed by atoms with E-state index in [2.05, 4.69) is 29.0 Å². The van der Waals surface area contributed by atoms with Gasteiger partial charge in [0.15, 0.2) is 0 Å². The number of nitrogens with zero attached hydrogens (tertiary/aromatic N) is 1. The standard InChI is InChI=1S/C31H34F3NO4/c1-30(2,3)39-29(36)35-18-17-27(37-21-22-11-10-16-25(19-22)38-31(32,33)34)26(20-35)28(23-12-6-4-7-13-23)24-14-8-5-9-15-24/h4-16,19,26-28H,17-18,20-21H2,1-3H3. The van der Waals surface area contributed by atoms with Gasteiger partial charge in [-0.25, -0.2) is 4.79 Å². The molecule has 3 aromatic carbocycles. The van der Waals surface area contributed by atoms with Crippen molar-refractivity contribution in [3.05, 3.63) is 102 Å². The first-order chi connectivity index (χ1) is 18.5. The average molecular weight is 542 g/mol. The molecule has 0 saturated carbocycles. The third-order valence-corrected chi connectivity index (χ3v) is 6.59. The Morgan fingerprint density at radius 1 is 0.923 bits per heavy atom. The van der Waals surface area contributed by atoms with E-state index in [1.807, 2.05) is 57.2 Å². The van der Waals surface area contributed by atoms with Crippen LogP contribution in [0.1, 0.15) is 49.8 Å². The third kappa shape index (κ3) is 8.23. The first-order valence-corrected chi connectivity index (χ1v) is 13.0. The van der Waals surface area contributed by atoms with Gasteiger partial charge >= 0.3 is 12.5 Å². The molecule has 2 unspecified atom stereocenters. The van der Waals surface area contributed by atoms with Crippen molar-refractivity contribution in [2.24, 2.45) is 5.92 Å². The number of alkyl halides is 3. The predicted molar refractivity (Wildman–Crippen MR) is 142 cm³/mol. The van der Waals surface area contributed by atoms with Gasteiger partial charge in [0, 0.05) is 24.9 Å². The number of amides is 1. The van der Waals surface area contributed by atoms with Crippen LogP contribution in [-0.2, 0) is 16.1 Å². The lowest BCUT2D eigenvalue weighted by Gasteiger charge is -2.42. The van der Waals surface area contributed by atoms with Gasteiger partial charge in [0.2, 0.25) is 0 Å². The van der Waals surface area contributed by atoms with Gasteiger partial charge in [-0.15, -0.1) is 13.2 Å². The highest BCUT2D eigenvalue weighted by molar-refractivity contribution is 5.68. The number of halogens is 3. The van der Waals surface area contributed by atoms with Crippen molar-refractivity contribution in [3.63, 3.8) is 0 Å². The fraction of sp³-hybridized carbons (Fsp3) is 0.387. The molecule has 1 fully saturated rings. The monoisotopic (exact) mass is 541 g/mol. The maximum Gasteiger partial charge on any atom is 0.573 e. The number of piperidine rings is 1. The zero-order valence-corrected chi connectivity index (χ0v) is 22.4. The van der Waals surface area contributed by atoms with E-state index in [9.17, 15) is 18.0 Å². The van der Waals surface area contributed by atoms with Crippen molar-refractivity contribution < 1.29 is 32.2 Å². The molecule has 1 heterocycles. The van der Waals surface area contributed by atoms with Gasteiger partial charge < -0.3 is 19.1 Å². The Morgan fingerprint density at radius 2 is 1.54 bits per heavy atom. The first kappa shape index (κ1) is 28.5. The Labute approximate surface area is 227 Å². The largest absolute Gasteiger partial charge is 0.573 e. The van der Waals surface area contributed by atoms with Gasteiger partial charge in [-0.05, 0) is 56.0 Å². The highest BCUT2D eigenvalue weighted by Gasteiger charge is 2.40. The van der Waals surface area contributed by atoms with Crippen LogP contribution in [0.3, 0.4) is 0 Å². The first-order valence-electron chi connectivity index (χ1n) is 13.0. The Balaban J connectivity index is 1.62. The van der Waals surface area contributed by atoms with Crippen molar-refractivity contribution in [1.29, 1.82) is 0 Å². The van der Waals surface area contributed by atoms with Gasteiger partial charge in [0.1, 0.15) is 11.4 Å². The third-order valence-electron chi connectivity index (χ3n) is 6.59. The molecule has 5 nitrogen and oxygen atoms in total. The topological polar surface area (TPSA) is 48.0 Å². The van der Waals surface area contributed by atoms with Gasteiger partial charge in [-0.1, -0.05) is 72.8 Å². The maximum atomic E-state index is 13.0. The molecular weight excluding hydrogens is 507 g/mol. The molecule has 1 aliphatic rings. The molecule has 1 amide bonds. The van der Waals surface area contributed by atoms with Crippen LogP contribution in [0.5, 0.6) is 5.75 Å². The SMILES string of the molecule is CC(C)(C)OC(=O)N1CCC(OCc2cccc(OC(F)(F)F)c2)C(C(c2ccccc2)c2ccccc2)C1. The van der Waals surface area contributed by atoms with Crippen LogP contribution in [-0.4, -0.2) is 42.2 Å². The zero-order chi connectivity index (χ0) is 28.0. The van der Waals surface area contributed by atoms with Crippen molar-refractivity contribution >= 4 is 6.09 Å². The molecule has 4 rings (SSSR count). The molecule has 0 radical (unpaired) electrons. The molecule has 208 valence electrons. The van der Waals surface area contributed by atoms with Gasteiger partial charge in [-0.3, -0.25) is 0 Å². The zero-order valence-electron chi connectivity index (χ0n) is 22.4. The fourth-order valence-electron chi connectivity index (χ4n) is 5.02. The second-order valence-electron chi connectivity index (χ2n) is 10.7. The summed E-state index contributed by atoms with van der Waals surface area (Å²) >= 11 is 0. The van der Waals surface area contributed by atoms with E-state index in [1.165, 1.54) is 18.2 Å². The van der Waals surface area contributed by atoms with Crippen molar-refractivity contribution in [1.82, 2.24) is 4.90 Å². The van der Waals surface area contributed by atoms with E-state index < -0.39 is 12.0 Å². The van der Waals surface area contributed by atoms with E-state index in [4.69, 9.17) is 9.47 Å². The summed E-state index contributed by atoms with van der Waals surface area (Å²) in [6.45, 7) is 6.48. The Bertz CT molecular complexity index is 1170. The van der Waals surface area contributed by atoms with E-state index in [1.54, 1.807) is 11.0 Å². The van der Waals surface area contributed by atoms with E-state index in [-0.39, 0.29) is 36.4 Å². The molecule has 2 atom stereocenters. The second kappa shape index (κ2) is 12.1. The number of carbonyl (C=O) groups is 1. The van der Waals surface area contributed by atoms with Gasteiger partial charge in [0.05, 0.1) is 12.7 Å². The summed E-state index contributed by atoms with van der Waals surface area (Å²) in [4.78, 5) is 14.8. The number of ether oxygens (including phenoxy) is 3. The van der Waals surface area contributed by atoms with Crippen molar-refractivity contribution in [2.45, 2.75) is 57.8 Å². The summed E-state index contributed by atoms with van der Waals surface area (Å²) in [6, 6.07) is 26.0. The van der Waals surface area contributed by atoms with Gasteiger partial charge in [0.25, 0.3) is 0 Å². The molecule has 1 aliphatic heterocycles. The van der Waals surface area contributed by atoms with Crippen LogP contribution in [0, 0.1) is 5.92 Å². The highest BCUT2D eigenvalue weighted by Crippen LogP contribution is 2.39. The normalized spacial score (nSPS) is 18.2. The minimum Gasteiger partial charge on any atom is -0.444 e. The number of benzene rings is 3. The predicted octanol–water partition coefficient (Wildman–Crippen LogP) is 7.56. The highest BCUT2D eigenvalue weighted by atomic mass is 19.4. The molecule has 1 saturated heterocycles. The average Bonchev–Trinajstić information content (AvgIpc) is 2.87. The van der Waals surface area contributed by atoms with E-state index in [0.717, 1.165) is 11.1 Å². The molecule has 3 aromatic rings. The number of carbonyl (C=O) groups excluding carboxylic acids is 1. The van der Waals surface area contributed by atoms with Crippen LogP contribution in [0.4, 0.5) is 18.0 Å². The minimum atomic E-state index is -4.77. The molecule has 0 N–H and O–H groups in total. The van der Waals surface area contributed by atoms with Crippen LogP contribution < -0.4 is 4.74 Å². The summed E-state index contributed by atoms with van der Waals surface area (Å²) in [6.07, 6.45) is -4.85. The number of rotatable bonds is 7. The summed E-state index contributed by atoms with van der Waals surface area (Å²) in [7, 11) is 0. The molecule has 0 aliphatic carbocycles. The lowest BCUT2D eigenvalue weighted by Crippen LogP contribution is -2.50. The molecule has 0 bridgehead atoms. The number of hydrogen-bond acceptors (Lipinski definition) is 4. The summed E-state index contributed by atoms with van der Waals surface area (Å²) < 4.78 is 54.3. The van der Waals surface area contributed by atoms with Crippen LogP contribution >= 0.6 is 0 Å². The lowest BCUT2D eigenvalue weighted by atomic mass is 9.75. The van der Waals surface area contributed by atoms with Crippen LogP contribution in [0.15, 0.2) is 84.9 Å². The van der Waals surface area contributed by atoms with Crippen LogP contribution in [0.25, 0.3) is 0 Å². The summed E-state index contributed by atoms with van der Waals surface area (Å²) in [5.41, 5.74) is 2.13. The lowest BCUT2D eigenvalue weighted by molar-refractivity contribution is -0.274. The van der Waals surface area contributed by atoms with Crippen molar-refractivity contribution in [2.75, 3.05) is 13.1 Å². The van der Waals surface area contributed by atoms with E-state index >= 15 is 0 Å². The summed E-state index contributed by atoms with van der Waals surface area (Å²) in [5.74, 6) is -0.500. The van der Waals surface area contributed by atoms with Crippen LogP contribution in [0.2, 0.25) is 0 Å². The smallest absolute Gasteiger partial charge is 0.444 e. The van der Waals surface area contributed by atoms with Gasteiger partial charge in [-0.2, -0.15) is 0 Å². The van der Waals surface area contributed by atoms with E-state index in [0.29, 0.717) is 25.1 Å². The minimum absolute atomic E-state index is 0.0810. The Morgan fingerprint density at radius 3 is 2.10 bits per heavy atom. The molecular formula is C31H34F3NO4. The fourth-order valence-corrected chi connectivity index (χ4v) is 5.02.